The third-order valence-electron chi connectivity index (χ3n) is 3.61. The Kier molecular flexibility index (Phi) is 4.38. The lowest BCUT2D eigenvalue weighted by Gasteiger charge is -2.30. The van der Waals surface area contributed by atoms with Crippen molar-refractivity contribution in [1.82, 2.24) is 25.0 Å². The smallest absolute Gasteiger partial charge is 0.274 e. The second-order valence-electron chi connectivity index (χ2n) is 5.16. The fourth-order valence-corrected chi connectivity index (χ4v) is 2.56. The van der Waals surface area contributed by atoms with E-state index in [4.69, 9.17) is 9.26 Å². The van der Waals surface area contributed by atoms with Gasteiger partial charge in [-0.15, -0.1) is 0 Å². The quantitative estimate of drug-likeness (QED) is 0.832. The summed E-state index contributed by atoms with van der Waals surface area (Å²) in [6.07, 6.45) is 6.37. The molecule has 3 heterocycles. The number of carbonyl (C=O) groups is 1. The molecule has 1 amide bonds. The highest BCUT2D eigenvalue weighted by molar-refractivity contribution is 5.92. The molecule has 2 aromatic heterocycles. The summed E-state index contributed by atoms with van der Waals surface area (Å²) in [4.78, 5) is 26.5. The van der Waals surface area contributed by atoms with Crippen molar-refractivity contribution in [3.05, 3.63) is 36.0 Å². The number of carbonyl (C=O) groups excluding carboxylic acids is 1. The monoisotopic (exact) mass is 303 g/mol. The third kappa shape index (κ3) is 3.11. The predicted molar refractivity (Wildman–Crippen MR) is 74.9 cm³/mol. The molecule has 1 aliphatic heterocycles. The zero-order chi connectivity index (χ0) is 15.4. The molecule has 3 rings (SSSR count). The fraction of sp³-hybridized carbons (Fsp3) is 0.500. The van der Waals surface area contributed by atoms with Crippen molar-refractivity contribution in [1.29, 1.82) is 0 Å². The van der Waals surface area contributed by atoms with Crippen LogP contribution in [0.15, 0.2) is 23.1 Å². The maximum atomic E-state index is 12.4. The van der Waals surface area contributed by atoms with Crippen LogP contribution in [0.25, 0.3) is 0 Å². The topological polar surface area (TPSA) is 94.2 Å². The molecule has 0 aromatic carbocycles. The Labute approximate surface area is 127 Å². The van der Waals surface area contributed by atoms with Gasteiger partial charge >= 0.3 is 0 Å². The first-order valence-electron chi connectivity index (χ1n) is 7.14. The van der Waals surface area contributed by atoms with Crippen LogP contribution in [0, 0.1) is 0 Å². The summed E-state index contributed by atoms with van der Waals surface area (Å²) in [6, 6.07) is 0. The molecule has 116 valence electrons. The number of methoxy groups -OCH3 is 1. The van der Waals surface area contributed by atoms with Gasteiger partial charge in [-0.3, -0.25) is 9.78 Å². The first kappa shape index (κ1) is 14.6. The van der Waals surface area contributed by atoms with Crippen LogP contribution in [0.3, 0.4) is 0 Å². The van der Waals surface area contributed by atoms with E-state index >= 15 is 0 Å². The van der Waals surface area contributed by atoms with Crippen LogP contribution < -0.4 is 0 Å². The largest absolute Gasteiger partial charge is 0.375 e. The van der Waals surface area contributed by atoms with Crippen molar-refractivity contribution < 1.29 is 14.1 Å². The van der Waals surface area contributed by atoms with Crippen molar-refractivity contribution in [3.8, 4) is 0 Å². The molecule has 8 nitrogen and oxygen atoms in total. The molecule has 0 saturated carbocycles. The molecular weight excluding hydrogens is 286 g/mol. The molecule has 2 aromatic rings. The molecule has 0 radical (unpaired) electrons. The minimum Gasteiger partial charge on any atom is -0.375 e. The number of rotatable bonds is 4. The second kappa shape index (κ2) is 6.61. The van der Waals surface area contributed by atoms with E-state index in [-0.39, 0.29) is 11.8 Å². The van der Waals surface area contributed by atoms with Crippen LogP contribution in [-0.2, 0) is 11.3 Å². The Morgan fingerprint density at radius 2 is 2.41 bits per heavy atom. The van der Waals surface area contributed by atoms with Crippen LogP contribution in [0.1, 0.15) is 41.0 Å². The number of aromatic nitrogens is 4. The molecule has 1 saturated heterocycles. The number of amides is 1. The average molecular weight is 303 g/mol. The molecule has 1 fully saturated rings. The average Bonchev–Trinajstić information content (AvgIpc) is 3.04. The number of piperidine rings is 1. The Bertz CT molecular complexity index is 630. The lowest BCUT2D eigenvalue weighted by molar-refractivity contribution is 0.0697. The van der Waals surface area contributed by atoms with Gasteiger partial charge in [-0.1, -0.05) is 5.16 Å². The summed E-state index contributed by atoms with van der Waals surface area (Å²) < 4.78 is 10.1. The summed E-state index contributed by atoms with van der Waals surface area (Å²) in [5.41, 5.74) is 0.358. The lowest BCUT2D eigenvalue weighted by atomic mass is 9.97. The van der Waals surface area contributed by atoms with E-state index in [0.717, 1.165) is 12.8 Å². The van der Waals surface area contributed by atoms with Crippen LogP contribution >= 0.6 is 0 Å². The SMILES string of the molecule is COCc1nc(C2CCCN(C(=O)c3cnccn3)C2)no1. The van der Waals surface area contributed by atoms with Gasteiger partial charge in [-0.2, -0.15) is 4.98 Å². The zero-order valence-electron chi connectivity index (χ0n) is 12.3. The van der Waals surface area contributed by atoms with Crippen molar-refractivity contribution in [2.75, 3.05) is 20.2 Å². The minimum absolute atomic E-state index is 0.0729. The maximum absolute atomic E-state index is 12.4. The van der Waals surface area contributed by atoms with E-state index in [0.29, 0.717) is 37.1 Å². The van der Waals surface area contributed by atoms with Gasteiger partial charge < -0.3 is 14.2 Å². The highest BCUT2D eigenvalue weighted by Crippen LogP contribution is 2.25. The van der Waals surface area contributed by atoms with Gasteiger partial charge in [0.05, 0.1) is 6.20 Å². The third-order valence-corrected chi connectivity index (χ3v) is 3.61. The maximum Gasteiger partial charge on any atom is 0.274 e. The second-order valence-corrected chi connectivity index (χ2v) is 5.16. The van der Waals surface area contributed by atoms with Crippen molar-refractivity contribution >= 4 is 5.91 Å². The zero-order valence-corrected chi connectivity index (χ0v) is 12.3. The number of ether oxygens (including phenoxy) is 1. The van der Waals surface area contributed by atoms with Gasteiger partial charge in [-0.25, -0.2) is 4.98 Å². The van der Waals surface area contributed by atoms with E-state index in [1.807, 2.05) is 0 Å². The van der Waals surface area contributed by atoms with Crippen LogP contribution in [0.5, 0.6) is 0 Å². The van der Waals surface area contributed by atoms with Crippen LogP contribution in [0.4, 0.5) is 0 Å². The molecular formula is C14H17N5O3. The molecule has 0 N–H and O–H groups in total. The van der Waals surface area contributed by atoms with Gasteiger partial charge in [0.2, 0.25) is 0 Å². The van der Waals surface area contributed by atoms with E-state index in [2.05, 4.69) is 20.1 Å². The number of likely N-dealkylation sites (tertiary alicyclic amines) is 1. The first-order chi connectivity index (χ1) is 10.8. The Morgan fingerprint density at radius 1 is 1.50 bits per heavy atom. The molecule has 0 bridgehead atoms. The molecule has 1 atom stereocenters. The van der Waals surface area contributed by atoms with Crippen LogP contribution in [0.2, 0.25) is 0 Å². The van der Waals surface area contributed by atoms with Gasteiger partial charge in [0, 0.05) is 38.5 Å². The van der Waals surface area contributed by atoms with Crippen molar-refractivity contribution in [3.63, 3.8) is 0 Å². The molecule has 1 aliphatic rings. The first-order valence-corrected chi connectivity index (χ1v) is 7.14. The van der Waals surface area contributed by atoms with E-state index in [9.17, 15) is 4.79 Å². The van der Waals surface area contributed by atoms with Gasteiger partial charge in [0.15, 0.2) is 5.82 Å². The normalized spacial score (nSPS) is 18.4. The highest BCUT2D eigenvalue weighted by Gasteiger charge is 2.29. The van der Waals surface area contributed by atoms with E-state index < -0.39 is 0 Å². The lowest BCUT2D eigenvalue weighted by Crippen LogP contribution is -2.39. The van der Waals surface area contributed by atoms with Gasteiger partial charge in [0.25, 0.3) is 11.8 Å². The van der Waals surface area contributed by atoms with Crippen molar-refractivity contribution in [2.45, 2.75) is 25.4 Å². The standard InChI is InChI=1S/C14H17N5O3/c1-21-9-12-17-13(18-22-12)10-3-2-6-19(8-10)14(20)11-7-15-4-5-16-11/h4-5,7,10H,2-3,6,8-9H2,1H3. The van der Waals surface area contributed by atoms with Crippen molar-refractivity contribution in [2.24, 2.45) is 0 Å². The predicted octanol–water partition coefficient (Wildman–Crippen LogP) is 1.03. The summed E-state index contributed by atoms with van der Waals surface area (Å²) >= 11 is 0. The Hall–Kier alpha value is -2.35. The number of hydrogen-bond acceptors (Lipinski definition) is 7. The molecule has 0 spiro atoms. The summed E-state index contributed by atoms with van der Waals surface area (Å²) in [7, 11) is 1.58. The van der Waals surface area contributed by atoms with Gasteiger partial charge in [-0.05, 0) is 12.8 Å². The summed E-state index contributed by atoms with van der Waals surface area (Å²) in [6.45, 7) is 1.55. The highest BCUT2D eigenvalue weighted by atomic mass is 16.5. The molecule has 0 aliphatic carbocycles. The summed E-state index contributed by atoms with van der Waals surface area (Å²) in [5, 5.41) is 3.99. The summed E-state index contributed by atoms with van der Waals surface area (Å²) in [5.74, 6) is 1.04. The van der Waals surface area contributed by atoms with E-state index in [1.165, 1.54) is 12.4 Å². The molecule has 1 unspecified atom stereocenters. The van der Waals surface area contributed by atoms with E-state index in [1.54, 1.807) is 18.2 Å². The number of hydrogen-bond donors (Lipinski definition) is 0. The van der Waals surface area contributed by atoms with Gasteiger partial charge in [0.1, 0.15) is 12.3 Å². The number of nitrogens with zero attached hydrogens (tertiary/aromatic N) is 5. The fourth-order valence-electron chi connectivity index (χ4n) is 2.56. The molecule has 22 heavy (non-hydrogen) atoms. The Balaban J connectivity index is 1.69. The van der Waals surface area contributed by atoms with Crippen LogP contribution in [-0.4, -0.2) is 51.1 Å². The molecule has 8 heteroatoms. The minimum atomic E-state index is -0.113. The Morgan fingerprint density at radius 3 is 3.18 bits per heavy atom.